The number of hydrogen-bond donors (Lipinski definition) is 2. The topological polar surface area (TPSA) is 72.5 Å². The number of nitrogens with two attached hydrogens (primary N) is 1. The molecule has 78 valence electrons. The average Bonchev–Trinajstić information content (AvgIpc) is 2.14. The van der Waals surface area contributed by atoms with Gasteiger partial charge in [-0.15, -0.1) is 0 Å². The molecule has 0 fully saturated rings. The molecule has 0 saturated heterocycles. The summed E-state index contributed by atoms with van der Waals surface area (Å²) in [5.41, 5.74) is 5.62. The van der Waals surface area contributed by atoms with Gasteiger partial charge in [-0.2, -0.15) is 0 Å². The summed E-state index contributed by atoms with van der Waals surface area (Å²) in [6.07, 6.45) is 0.424. The summed E-state index contributed by atoms with van der Waals surface area (Å²) in [7, 11) is 1.24. The van der Waals surface area contributed by atoms with Crippen LogP contribution in [0, 0.1) is 5.92 Å². The normalized spacial score (nSPS) is 17.6. The van der Waals surface area contributed by atoms with E-state index in [4.69, 9.17) is 5.73 Å². The summed E-state index contributed by atoms with van der Waals surface area (Å²) >= 11 is 0. The van der Waals surface area contributed by atoms with Gasteiger partial charge >= 0.3 is 5.97 Å². The van der Waals surface area contributed by atoms with Gasteiger partial charge in [-0.25, -0.2) is 4.79 Å². The largest absolute Gasteiger partial charge is 0.467 e. The molecule has 0 bridgehead atoms. The van der Waals surface area contributed by atoms with E-state index in [-0.39, 0.29) is 0 Å². The first-order valence-electron chi connectivity index (χ1n) is 4.54. The number of carbonyl (C=O) groups excluding carboxylic acids is 1. The van der Waals surface area contributed by atoms with E-state index in [9.17, 15) is 9.90 Å². The second-order valence-electron chi connectivity index (χ2n) is 3.38. The van der Waals surface area contributed by atoms with Gasteiger partial charge in [-0.05, 0) is 12.3 Å². The highest BCUT2D eigenvalue weighted by molar-refractivity contribution is 5.75. The summed E-state index contributed by atoms with van der Waals surface area (Å²) in [6, 6.07) is -0.526. The van der Waals surface area contributed by atoms with E-state index in [0.29, 0.717) is 12.3 Å². The first kappa shape index (κ1) is 12.4. The van der Waals surface area contributed by atoms with Gasteiger partial charge in [0.25, 0.3) is 0 Å². The van der Waals surface area contributed by atoms with Crippen molar-refractivity contribution in [1.82, 2.24) is 0 Å². The molecule has 3 unspecified atom stereocenters. The van der Waals surface area contributed by atoms with Gasteiger partial charge in [0.15, 0.2) is 6.10 Å². The van der Waals surface area contributed by atoms with Crippen LogP contribution in [0.25, 0.3) is 0 Å². The first-order chi connectivity index (χ1) is 6.02. The molecule has 0 radical (unpaired) electrons. The highest BCUT2D eigenvalue weighted by Crippen LogP contribution is 2.11. The molecule has 3 atom stereocenters. The molecule has 0 saturated carbocycles. The van der Waals surface area contributed by atoms with E-state index in [1.807, 2.05) is 13.8 Å². The smallest absolute Gasteiger partial charge is 0.336 e. The van der Waals surface area contributed by atoms with E-state index in [2.05, 4.69) is 4.74 Å². The lowest BCUT2D eigenvalue weighted by Crippen LogP contribution is -2.42. The predicted octanol–water partition coefficient (Wildman–Crippen LogP) is 0.284. The molecule has 3 N–H and O–H groups in total. The van der Waals surface area contributed by atoms with Gasteiger partial charge in [0.05, 0.1) is 7.11 Å². The monoisotopic (exact) mass is 189 g/mol. The van der Waals surface area contributed by atoms with E-state index >= 15 is 0 Å². The van der Waals surface area contributed by atoms with Crippen molar-refractivity contribution in [2.45, 2.75) is 38.8 Å². The second-order valence-corrected chi connectivity index (χ2v) is 3.38. The highest BCUT2D eigenvalue weighted by Gasteiger charge is 2.24. The standard InChI is InChI=1S/C9H19NO3/c1-4-6(2)5-7(10)8(11)9(12)13-3/h6-8,11H,4-5,10H2,1-3H3. The van der Waals surface area contributed by atoms with Crippen LogP contribution in [0.4, 0.5) is 0 Å². The van der Waals surface area contributed by atoms with E-state index < -0.39 is 18.1 Å². The van der Waals surface area contributed by atoms with Crippen LogP contribution in [-0.4, -0.2) is 30.3 Å². The molecule has 0 amide bonds. The van der Waals surface area contributed by atoms with Crippen molar-refractivity contribution in [1.29, 1.82) is 0 Å². The number of methoxy groups -OCH3 is 1. The number of aliphatic hydroxyl groups is 1. The van der Waals surface area contributed by atoms with Gasteiger partial charge in [-0.3, -0.25) is 0 Å². The molecule has 4 nitrogen and oxygen atoms in total. The minimum atomic E-state index is -1.20. The van der Waals surface area contributed by atoms with Crippen LogP contribution < -0.4 is 5.73 Å². The first-order valence-corrected chi connectivity index (χ1v) is 4.54. The maximum absolute atomic E-state index is 10.9. The molecule has 0 aromatic rings. The average molecular weight is 189 g/mol. The molecule has 13 heavy (non-hydrogen) atoms. The molecule has 0 rings (SSSR count). The minimum Gasteiger partial charge on any atom is -0.467 e. The van der Waals surface area contributed by atoms with Gasteiger partial charge < -0.3 is 15.6 Å². The summed E-state index contributed by atoms with van der Waals surface area (Å²) in [5.74, 6) is -0.245. The fourth-order valence-corrected chi connectivity index (χ4v) is 1.06. The molecule has 0 aliphatic carbocycles. The highest BCUT2D eigenvalue weighted by atomic mass is 16.5. The van der Waals surface area contributed by atoms with Crippen molar-refractivity contribution in [3.8, 4) is 0 Å². The summed E-state index contributed by atoms with van der Waals surface area (Å²) in [4.78, 5) is 10.9. The maximum atomic E-state index is 10.9. The van der Waals surface area contributed by atoms with Crippen LogP contribution in [0.1, 0.15) is 26.7 Å². The Balaban J connectivity index is 3.95. The molecule has 0 aromatic heterocycles. The lowest BCUT2D eigenvalue weighted by atomic mass is 9.96. The van der Waals surface area contributed by atoms with Gasteiger partial charge in [0.1, 0.15) is 0 Å². The Bertz CT molecular complexity index is 161. The summed E-state index contributed by atoms with van der Waals surface area (Å²) < 4.78 is 4.38. The SMILES string of the molecule is CCC(C)CC(N)C(O)C(=O)OC. The third-order valence-corrected chi connectivity index (χ3v) is 2.22. The number of esters is 1. The third kappa shape index (κ3) is 4.24. The third-order valence-electron chi connectivity index (χ3n) is 2.22. The summed E-state index contributed by atoms with van der Waals surface area (Å²) in [5, 5.41) is 9.33. The Hall–Kier alpha value is -0.610. The number of carbonyl (C=O) groups is 1. The van der Waals surface area contributed by atoms with Crippen LogP contribution >= 0.6 is 0 Å². The fourth-order valence-electron chi connectivity index (χ4n) is 1.06. The van der Waals surface area contributed by atoms with Crippen LogP contribution in [0.5, 0.6) is 0 Å². The molecule has 0 aliphatic rings. The predicted molar refractivity (Wildman–Crippen MR) is 50.1 cm³/mol. The lowest BCUT2D eigenvalue weighted by molar-refractivity contribution is -0.151. The van der Waals surface area contributed by atoms with Gasteiger partial charge in [0.2, 0.25) is 0 Å². The van der Waals surface area contributed by atoms with Crippen molar-refractivity contribution in [2.24, 2.45) is 11.7 Å². The van der Waals surface area contributed by atoms with E-state index in [0.717, 1.165) is 6.42 Å². The van der Waals surface area contributed by atoms with Crippen LogP contribution in [0.3, 0.4) is 0 Å². The number of rotatable bonds is 5. The zero-order chi connectivity index (χ0) is 10.4. The number of aliphatic hydroxyl groups excluding tert-OH is 1. The lowest BCUT2D eigenvalue weighted by Gasteiger charge is -2.19. The molecule has 0 aromatic carbocycles. The van der Waals surface area contributed by atoms with E-state index in [1.165, 1.54) is 7.11 Å². The second kappa shape index (κ2) is 5.94. The van der Waals surface area contributed by atoms with Crippen molar-refractivity contribution >= 4 is 5.97 Å². The van der Waals surface area contributed by atoms with Crippen molar-refractivity contribution < 1.29 is 14.6 Å². The molecular formula is C9H19NO3. The molecular weight excluding hydrogens is 170 g/mol. The van der Waals surface area contributed by atoms with E-state index in [1.54, 1.807) is 0 Å². The molecule has 0 spiro atoms. The van der Waals surface area contributed by atoms with Gasteiger partial charge in [-0.1, -0.05) is 20.3 Å². The minimum absolute atomic E-state index is 0.411. The summed E-state index contributed by atoms with van der Waals surface area (Å²) in [6.45, 7) is 4.08. The Kier molecular flexibility index (Phi) is 5.66. The number of hydrogen-bond acceptors (Lipinski definition) is 4. The Morgan fingerprint density at radius 3 is 2.54 bits per heavy atom. The Morgan fingerprint density at radius 1 is 1.62 bits per heavy atom. The van der Waals surface area contributed by atoms with Gasteiger partial charge in [0, 0.05) is 6.04 Å². The zero-order valence-electron chi connectivity index (χ0n) is 8.49. The van der Waals surface area contributed by atoms with Crippen molar-refractivity contribution in [2.75, 3.05) is 7.11 Å². The Labute approximate surface area is 79.1 Å². The Morgan fingerprint density at radius 2 is 2.15 bits per heavy atom. The maximum Gasteiger partial charge on any atom is 0.336 e. The fraction of sp³-hybridized carbons (Fsp3) is 0.889. The van der Waals surface area contributed by atoms with Crippen LogP contribution in [-0.2, 0) is 9.53 Å². The van der Waals surface area contributed by atoms with Crippen LogP contribution in [0.15, 0.2) is 0 Å². The molecule has 4 heteroatoms. The number of ether oxygens (including phenoxy) is 1. The van der Waals surface area contributed by atoms with Crippen molar-refractivity contribution in [3.05, 3.63) is 0 Å². The van der Waals surface area contributed by atoms with Crippen LogP contribution in [0.2, 0.25) is 0 Å². The quantitative estimate of drug-likeness (QED) is 0.609. The van der Waals surface area contributed by atoms with Crippen molar-refractivity contribution in [3.63, 3.8) is 0 Å². The zero-order valence-corrected chi connectivity index (χ0v) is 8.49. The molecule has 0 heterocycles. The molecule has 0 aliphatic heterocycles.